The van der Waals surface area contributed by atoms with Crippen molar-refractivity contribution in [3.8, 4) is 0 Å². The van der Waals surface area contributed by atoms with E-state index in [0.717, 1.165) is 32.0 Å². The molecule has 1 aliphatic rings. The molecule has 5 nitrogen and oxygen atoms in total. The molecular weight excluding hydrogens is 254 g/mol. The Hall–Kier alpha value is -1.43. The maximum atomic E-state index is 11.5. The Kier molecular flexibility index (Phi) is 5.11. The third kappa shape index (κ3) is 3.79. The fourth-order valence-corrected chi connectivity index (χ4v) is 2.28. The highest BCUT2D eigenvalue weighted by atomic mass is 16.5. The summed E-state index contributed by atoms with van der Waals surface area (Å²) < 4.78 is 5.37. The van der Waals surface area contributed by atoms with Crippen molar-refractivity contribution in [3.63, 3.8) is 0 Å². The molecule has 1 aromatic carbocycles. The molecule has 0 saturated carbocycles. The molecule has 2 rings (SSSR count). The molecule has 110 valence electrons. The van der Waals surface area contributed by atoms with E-state index in [1.807, 2.05) is 12.1 Å². The summed E-state index contributed by atoms with van der Waals surface area (Å²) in [5.74, 6) is -0.168. The lowest BCUT2D eigenvalue weighted by atomic mass is 10.1. The van der Waals surface area contributed by atoms with Gasteiger partial charge >= 0.3 is 0 Å². The highest BCUT2D eigenvalue weighted by Crippen LogP contribution is 2.22. The molecule has 0 aliphatic carbocycles. The van der Waals surface area contributed by atoms with E-state index in [4.69, 9.17) is 10.5 Å². The second-order valence-corrected chi connectivity index (χ2v) is 5.22. The second kappa shape index (κ2) is 6.83. The minimum atomic E-state index is -0.498. The van der Waals surface area contributed by atoms with Crippen molar-refractivity contribution in [2.24, 2.45) is 5.73 Å². The largest absolute Gasteiger partial charge is 0.379 e. The number of hydrogen-bond acceptors (Lipinski definition) is 4. The first-order valence-electron chi connectivity index (χ1n) is 7.06. The molecule has 0 bridgehead atoms. The van der Waals surface area contributed by atoms with Crippen molar-refractivity contribution in [1.82, 2.24) is 4.90 Å². The maximum Gasteiger partial charge on any atom is 0.240 e. The topological polar surface area (TPSA) is 67.6 Å². The van der Waals surface area contributed by atoms with Gasteiger partial charge in [0.1, 0.15) is 0 Å². The Balaban J connectivity index is 1.98. The van der Waals surface area contributed by atoms with Crippen molar-refractivity contribution in [1.29, 1.82) is 0 Å². The zero-order valence-corrected chi connectivity index (χ0v) is 12.1. The van der Waals surface area contributed by atoms with Crippen LogP contribution in [0.4, 0.5) is 5.69 Å². The molecule has 1 fully saturated rings. The average molecular weight is 277 g/mol. The fourth-order valence-electron chi connectivity index (χ4n) is 2.28. The molecule has 20 heavy (non-hydrogen) atoms. The van der Waals surface area contributed by atoms with Gasteiger partial charge in [0, 0.05) is 24.8 Å². The molecule has 1 heterocycles. The SMILES string of the molecule is CC(c1ccc(NC(=O)[C@@H](C)N)cc1)N1CCOCC1. The van der Waals surface area contributed by atoms with Gasteiger partial charge < -0.3 is 15.8 Å². The van der Waals surface area contributed by atoms with Crippen LogP contribution in [0.3, 0.4) is 0 Å². The molecule has 0 spiro atoms. The molecule has 2 atom stereocenters. The summed E-state index contributed by atoms with van der Waals surface area (Å²) in [7, 11) is 0. The number of carbonyl (C=O) groups is 1. The number of nitrogens with zero attached hydrogens (tertiary/aromatic N) is 1. The quantitative estimate of drug-likeness (QED) is 0.872. The summed E-state index contributed by atoms with van der Waals surface area (Å²) in [4.78, 5) is 13.9. The van der Waals surface area contributed by atoms with Crippen molar-refractivity contribution < 1.29 is 9.53 Å². The van der Waals surface area contributed by atoms with E-state index in [1.165, 1.54) is 5.56 Å². The van der Waals surface area contributed by atoms with Crippen molar-refractivity contribution in [2.75, 3.05) is 31.6 Å². The lowest BCUT2D eigenvalue weighted by Gasteiger charge is -2.32. The number of carbonyl (C=O) groups excluding carboxylic acids is 1. The van der Waals surface area contributed by atoms with Crippen LogP contribution < -0.4 is 11.1 Å². The van der Waals surface area contributed by atoms with Gasteiger partial charge in [-0.15, -0.1) is 0 Å². The summed E-state index contributed by atoms with van der Waals surface area (Å²) in [6.45, 7) is 7.39. The number of morpholine rings is 1. The second-order valence-electron chi connectivity index (χ2n) is 5.22. The first-order valence-corrected chi connectivity index (χ1v) is 7.06. The van der Waals surface area contributed by atoms with Crippen molar-refractivity contribution >= 4 is 11.6 Å². The van der Waals surface area contributed by atoms with E-state index >= 15 is 0 Å². The number of rotatable bonds is 4. The van der Waals surface area contributed by atoms with Gasteiger partial charge in [-0.05, 0) is 31.5 Å². The minimum Gasteiger partial charge on any atom is -0.379 e. The zero-order chi connectivity index (χ0) is 14.5. The van der Waals surface area contributed by atoms with Crippen LogP contribution in [-0.4, -0.2) is 43.2 Å². The van der Waals surface area contributed by atoms with Crippen LogP contribution in [0.1, 0.15) is 25.5 Å². The van der Waals surface area contributed by atoms with Crippen molar-refractivity contribution in [3.05, 3.63) is 29.8 Å². The predicted octanol–water partition coefficient (Wildman–Crippen LogP) is 1.37. The lowest BCUT2D eigenvalue weighted by Crippen LogP contribution is -2.38. The molecule has 0 aromatic heterocycles. The predicted molar refractivity (Wildman–Crippen MR) is 79.5 cm³/mol. The average Bonchev–Trinajstić information content (AvgIpc) is 2.48. The van der Waals surface area contributed by atoms with Gasteiger partial charge in [-0.25, -0.2) is 0 Å². The third-order valence-electron chi connectivity index (χ3n) is 3.67. The monoisotopic (exact) mass is 277 g/mol. The summed E-state index contributed by atoms with van der Waals surface area (Å²) in [6.07, 6.45) is 0. The zero-order valence-electron chi connectivity index (χ0n) is 12.1. The lowest BCUT2D eigenvalue weighted by molar-refractivity contribution is -0.117. The molecule has 3 N–H and O–H groups in total. The first-order chi connectivity index (χ1) is 9.58. The van der Waals surface area contributed by atoms with E-state index in [0.29, 0.717) is 6.04 Å². The van der Waals surface area contributed by atoms with Crippen LogP contribution in [0.25, 0.3) is 0 Å². The van der Waals surface area contributed by atoms with E-state index in [-0.39, 0.29) is 5.91 Å². The number of benzene rings is 1. The standard InChI is InChI=1S/C15H23N3O2/c1-11(16)15(19)17-14-5-3-13(4-6-14)12(2)18-7-9-20-10-8-18/h3-6,11-12H,7-10,16H2,1-2H3,(H,17,19)/t11-,12?/m1/s1. The van der Waals surface area contributed by atoms with Crippen LogP contribution >= 0.6 is 0 Å². The van der Waals surface area contributed by atoms with Gasteiger partial charge in [0.2, 0.25) is 5.91 Å². The van der Waals surface area contributed by atoms with Gasteiger partial charge in [-0.2, -0.15) is 0 Å². The van der Waals surface area contributed by atoms with Gasteiger partial charge in [-0.3, -0.25) is 9.69 Å². The van der Waals surface area contributed by atoms with E-state index < -0.39 is 6.04 Å². The Morgan fingerprint density at radius 1 is 1.25 bits per heavy atom. The fraction of sp³-hybridized carbons (Fsp3) is 0.533. The smallest absolute Gasteiger partial charge is 0.240 e. The third-order valence-corrected chi connectivity index (χ3v) is 3.67. The molecule has 1 saturated heterocycles. The Morgan fingerprint density at radius 3 is 2.40 bits per heavy atom. The summed E-state index contributed by atoms with van der Waals surface area (Å²) in [5, 5.41) is 2.79. The van der Waals surface area contributed by atoms with Gasteiger partial charge in [0.05, 0.1) is 19.3 Å². The summed E-state index contributed by atoms with van der Waals surface area (Å²) in [6, 6.07) is 7.81. The van der Waals surface area contributed by atoms with E-state index in [1.54, 1.807) is 6.92 Å². The van der Waals surface area contributed by atoms with Crippen LogP contribution in [0, 0.1) is 0 Å². The Morgan fingerprint density at radius 2 is 1.85 bits per heavy atom. The number of ether oxygens (including phenoxy) is 1. The maximum absolute atomic E-state index is 11.5. The van der Waals surface area contributed by atoms with E-state index in [2.05, 4.69) is 29.3 Å². The van der Waals surface area contributed by atoms with E-state index in [9.17, 15) is 4.79 Å². The number of anilines is 1. The summed E-state index contributed by atoms with van der Waals surface area (Å²) in [5.41, 5.74) is 7.55. The molecule has 1 aromatic rings. The highest BCUT2D eigenvalue weighted by molar-refractivity contribution is 5.94. The summed E-state index contributed by atoms with van der Waals surface area (Å²) >= 11 is 0. The van der Waals surface area contributed by atoms with Crippen molar-refractivity contribution in [2.45, 2.75) is 25.9 Å². The molecule has 1 amide bonds. The molecular formula is C15H23N3O2. The van der Waals surface area contributed by atoms with Crippen LogP contribution in [0.2, 0.25) is 0 Å². The van der Waals surface area contributed by atoms with Crippen LogP contribution in [0.15, 0.2) is 24.3 Å². The van der Waals surface area contributed by atoms with Crippen LogP contribution in [0.5, 0.6) is 0 Å². The molecule has 1 unspecified atom stereocenters. The normalized spacial score (nSPS) is 19.4. The Bertz CT molecular complexity index is 439. The minimum absolute atomic E-state index is 0.168. The molecule has 5 heteroatoms. The van der Waals surface area contributed by atoms with Gasteiger partial charge in [0.15, 0.2) is 0 Å². The van der Waals surface area contributed by atoms with Crippen LogP contribution in [-0.2, 0) is 9.53 Å². The first kappa shape index (κ1) is 15.0. The Labute approximate surface area is 120 Å². The molecule has 1 aliphatic heterocycles. The number of amides is 1. The number of nitrogens with two attached hydrogens (primary N) is 1. The number of hydrogen-bond donors (Lipinski definition) is 2. The highest BCUT2D eigenvalue weighted by Gasteiger charge is 2.18. The molecule has 0 radical (unpaired) electrons. The number of nitrogens with one attached hydrogen (secondary N) is 1. The van der Waals surface area contributed by atoms with Gasteiger partial charge in [0.25, 0.3) is 0 Å². The van der Waals surface area contributed by atoms with Gasteiger partial charge in [-0.1, -0.05) is 12.1 Å².